The zero-order valence-electron chi connectivity index (χ0n) is 10.6. The highest BCUT2D eigenvalue weighted by atomic mass is 14.8. The number of pyridine rings is 1. The molecule has 0 aliphatic heterocycles. The molecule has 0 aliphatic carbocycles. The molecule has 2 nitrogen and oxygen atoms in total. The summed E-state index contributed by atoms with van der Waals surface area (Å²) in [5.41, 5.74) is 1.41. The van der Waals surface area contributed by atoms with E-state index in [2.05, 4.69) is 48.4 Å². The number of nitrogens with one attached hydrogen (secondary N) is 1. The highest BCUT2D eigenvalue weighted by Crippen LogP contribution is 2.26. The molecule has 2 rings (SSSR count). The van der Waals surface area contributed by atoms with Crippen LogP contribution in [0.15, 0.2) is 36.7 Å². The molecule has 0 fully saturated rings. The summed E-state index contributed by atoms with van der Waals surface area (Å²) in [4.78, 5) is 4.24. The van der Waals surface area contributed by atoms with Crippen molar-refractivity contribution in [1.82, 2.24) is 10.3 Å². The van der Waals surface area contributed by atoms with Crippen LogP contribution in [0.4, 0.5) is 0 Å². The largest absolute Gasteiger partial charge is 0.317 e. The molecule has 2 aromatic rings. The molecule has 1 heterocycles. The Bertz CT molecular complexity index is 474. The van der Waals surface area contributed by atoms with Crippen molar-refractivity contribution < 1.29 is 0 Å². The van der Waals surface area contributed by atoms with Crippen molar-refractivity contribution in [2.45, 2.75) is 26.2 Å². The number of fused-ring (bicyclic) bond motifs is 1. The summed E-state index contributed by atoms with van der Waals surface area (Å²) in [7, 11) is 0. The standard InChI is InChI=1S/C15H20N2/c1-3-16-9-7-12(2)14-6-4-5-13-8-10-17-11-15(13)14/h4-6,8,10-12,16H,3,7,9H2,1-2H3. The van der Waals surface area contributed by atoms with Crippen LogP contribution < -0.4 is 5.32 Å². The zero-order chi connectivity index (χ0) is 12.1. The van der Waals surface area contributed by atoms with Gasteiger partial charge in [-0.2, -0.15) is 0 Å². The van der Waals surface area contributed by atoms with Crippen molar-refractivity contribution >= 4 is 10.8 Å². The van der Waals surface area contributed by atoms with Crippen LogP contribution in [0.1, 0.15) is 31.7 Å². The molecular formula is C15H20N2. The van der Waals surface area contributed by atoms with E-state index < -0.39 is 0 Å². The quantitative estimate of drug-likeness (QED) is 0.794. The molecule has 0 bridgehead atoms. The van der Waals surface area contributed by atoms with Crippen LogP contribution in [-0.4, -0.2) is 18.1 Å². The molecule has 17 heavy (non-hydrogen) atoms. The molecule has 0 radical (unpaired) electrons. The number of benzene rings is 1. The number of hydrogen-bond acceptors (Lipinski definition) is 2. The summed E-state index contributed by atoms with van der Waals surface area (Å²) in [5.74, 6) is 0.571. The van der Waals surface area contributed by atoms with Gasteiger partial charge >= 0.3 is 0 Å². The maximum atomic E-state index is 4.24. The monoisotopic (exact) mass is 228 g/mol. The Balaban J connectivity index is 2.22. The SMILES string of the molecule is CCNCCC(C)c1cccc2ccncc12. The van der Waals surface area contributed by atoms with Gasteiger partial charge in [0, 0.05) is 17.8 Å². The predicted octanol–water partition coefficient (Wildman–Crippen LogP) is 3.34. The summed E-state index contributed by atoms with van der Waals surface area (Å²) < 4.78 is 0. The Morgan fingerprint density at radius 2 is 2.18 bits per heavy atom. The minimum absolute atomic E-state index is 0.571. The van der Waals surface area contributed by atoms with Crippen molar-refractivity contribution in [1.29, 1.82) is 0 Å². The molecular weight excluding hydrogens is 208 g/mol. The summed E-state index contributed by atoms with van der Waals surface area (Å²) >= 11 is 0. The Morgan fingerprint density at radius 1 is 1.29 bits per heavy atom. The average molecular weight is 228 g/mol. The maximum absolute atomic E-state index is 4.24. The van der Waals surface area contributed by atoms with Crippen LogP contribution in [0.2, 0.25) is 0 Å². The normalized spacial score (nSPS) is 12.8. The van der Waals surface area contributed by atoms with Gasteiger partial charge in [-0.05, 0) is 42.4 Å². The maximum Gasteiger partial charge on any atom is 0.0349 e. The Kier molecular flexibility index (Phi) is 4.10. The molecule has 1 atom stereocenters. The fourth-order valence-electron chi connectivity index (χ4n) is 2.22. The summed E-state index contributed by atoms with van der Waals surface area (Å²) in [5, 5.41) is 5.96. The lowest BCUT2D eigenvalue weighted by atomic mass is 9.93. The fraction of sp³-hybridized carbons (Fsp3) is 0.400. The van der Waals surface area contributed by atoms with Crippen molar-refractivity contribution in [2.24, 2.45) is 0 Å². The molecule has 0 saturated heterocycles. The van der Waals surface area contributed by atoms with Gasteiger partial charge in [0.1, 0.15) is 0 Å². The van der Waals surface area contributed by atoms with Crippen LogP contribution in [0, 0.1) is 0 Å². The summed E-state index contributed by atoms with van der Waals surface area (Å²) in [6.45, 7) is 6.56. The minimum atomic E-state index is 0.571. The second-order valence-electron chi connectivity index (χ2n) is 4.49. The van der Waals surface area contributed by atoms with Crippen LogP contribution in [0.25, 0.3) is 10.8 Å². The van der Waals surface area contributed by atoms with Crippen molar-refractivity contribution in [3.8, 4) is 0 Å². The zero-order valence-corrected chi connectivity index (χ0v) is 10.6. The van der Waals surface area contributed by atoms with Crippen LogP contribution in [0.5, 0.6) is 0 Å². The third-order valence-corrected chi connectivity index (χ3v) is 3.25. The summed E-state index contributed by atoms with van der Waals surface area (Å²) in [6, 6.07) is 8.59. The summed E-state index contributed by atoms with van der Waals surface area (Å²) in [6.07, 6.45) is 5.01. The first-order chi connectivity index (χ1) is 8.33. The van der Waals surface area contributed by atoms with E-state index in [4.69, 9.17) is 0 Å². The van der Waals surface area contributed by atoms with Gasteiger partial charge in [-0.15, -0.1) is 0 Å². The van der Waals surface area contributed by atoms with Crippen LogP contribution in [0.3, 0.4) is 0 Å². The topological polar surface area (TPSA) is 24.9 Å². The Labute approximate surface area is 103 Å². The Hall–Kier alpha value is -1.41. The van der Waals surface area contributed by atoms with E-state index in [0.717, 1.165) is 13.1 Å². The number of rotatable bonds is 5. The molecule has 2 heteroatoms. The highest BCUT2D eigenvalue weighted by molar-refractivity contribution is 5.85. The van der Waals surface area contributed by atoms with E-state index in [9.17, 15) is 0 Å². The first-order valence-electron chi connectivity index (χ1n) is 6.36. The lowest BCUT2D eigenvalue weighted by Gasteiger charge is -2.14. The van der Waals surface area contributed by atoms with Crippen molar-refractivity contribution in [3.05, 3.63) is 42.2 Å². The molecule has 0 aliphatic rings. The van der Waals surface area contributed by atoms with Gasteiger partial charge in [-0.25, -0.2) is 0 Å². The molecule has 0 spiro atoms. The lowest BCUT2D eigenvalue weighted by molar-refractivity contribution is 0.611. The second kappa shape index (κ2) is 5.78. The van der Waals surface area contributed by atoms with Gasteiger partial charge < -0.3 is 5.32 Å². The third kappa shape index (κ3) is 2.83. The van der Waals surface area contributed by atoms with Crippen LogP contribution >= 0.6 is 0 Å². The van der Waals surface area contributed by atoms with E-state index in [1.165, 1.54) is 22.8 Å². The van der Waals surface area contributed by atoms with Crippen LogP contribution in [-0.2, 0) is 0 Å². The van der Waals surface area contributed by atoms with Gasteiger partial charge in [0.05, 0.1) is 0 Å². The molecule has 0 saturated carbocycles. The first kappa shape index (κ1) is 12.1. The molecule has 1 unspecified atom stereocenters. The number of aromatic nitrogens is 1. The van der Waals surface area contributed by atoms with Gasteiger partial charge in [0.25, 0.3) is 0 Å². The molecule has 1 aromatic heterocycles. The smallest absolute Gasteiger partial charge is 0.0349 e. The van der Waals surface area contributed by atoms with Gasteiger partial charge in [0.2, 0.25) is 0 Å². The van der Waals surface area contributed by atoms with Crippen molar-refractivity contribution in [3.63, 3.8) is 0 Å². The lowest BCUT2D eigenvalue weighted by Crippen LogP contribution is -2.16. The number of hydrogen-bond donors (Lipinski definition) is 1. The predicted molar refractivity (Wildman–Crippen MR) is 73.3 cm³/mol. The molecule has 1 N–H and O–H groups in total. The van der Waals surface area contributed by atoms with E-state index >= 15 is 0 Å². The van der Waals surface area contributed by atoms with E-state index in [-0.39, 0.29) is 0 Å². The van der Waals surface area contributed by atoms with Gasteiger partial charge in [-0.1, -0.05) is 32.0 Å². The van der Waals surface area contributed by atoms with E-state index in [1.54, 1.807) is 0 Å². The van der Waals surface area contributed by atoms with E-state index in [1.807, 2.05) is 12.4 Å². The second-order valence-corrected chi connectivity index (χ2v) is 4.49. The average Bonchev–Trinajstić information content (AvgIpc) is 2.38. The van der Waals surface area contributed by atoms with Gasteiger partial charge in [-0.3, -0.25) is 4.98 Å². The third-order valence-electron chi connectivity index (χ3n) is 3.25. The Morgan fingerprint density at radius 3 is 3.00 bits per heavy atom. The number of nitrogens with zero attached hydrogens (tertiary/aromatic N) is 1. The van der Waals surface area contributed by atoms with Gasteiger partial charge in [0.15, 0.2) is 0 Å². The molecule has 90 valence electrons. The van der Waals surface area contributed by atoms with E-state index in [0.29, 0.717) is 5.92 Å². The fourth-order valence-corrected chi connectivity index (χ4v) is 2.22. The molecule has 0 amide bonds. The highest BCUT2D eigenvalue weighted by Gasteiger charge is 2.08. The molecule has 1 aromatic carbocycles. The minimum Gasteiger partial charge on any atom is -0.317 e. The first-order valence-corrected chi connectivity index (χ1v) is 6.36. The van der Waals surface area contributed by atoms with Crippen molar-refractivity contribution in [2.75, 3.05) is 13.1 Å².